The molecule has 4 aromatic rings. The molecule has 0 aliphatic carbocycles. The van der Waals surface area contributed by atoms with Crippen molar-refractivity contribution in [3.8, 4) is 17.0 Å². The molecule has 2 heterocycles. The fraction of sp³-hybridized carbons (Fsp3) is 0.269. The Morgan fingerprint density at radius 2 is 1.92 bits per heavy atom. The van der Waals surface area contributed by atoms with Gasteiger partial charge >= 0.3 is 0 Å². The monoisotopic (exact) mass is 529 g/mol. The van der Waals surface area contributed by atoms with Crippen LogP contribution in [0.25, 0.3) is 16.9 Å². The summed E-state index contributed by atoms with van der Waals surface area (Å²) in [5, 5.41) is 6.30. The van der Waals surface area contributed by atoms with Crippen molar-refractivity contribution in [2.24, 2.45) is 0 Å². The maximum Gasteiger partial charge on any atom is 0.252 e. The second-order valence-electron chi connectivity index (χ2n) is 9.50. The van der Waals surface area contributed by atoms with E-state index >= 15 is 0 Å². The van der Waals surface area contributed by atoms with Gasteiger partial charge in [0.25, 0.3) is 5.91 Å². The molecule has 0 aliphatic heterocycles. The highest BCUT2D eigenvalue weighted by Gasteiger charge is 2.19. The lowest BCUT2D eigenvalue weighted by Gasteiger charge is -2.23. The molecule has 0 spiro atoms. The summed E-state index contributed by atoms with van der Waals surface area (Å²) in [4.78, 5) is 21.2. The number of hydrogen-bond acceptors (Lipinski definition) is 5. The van der Waals surface area contributed by atoms with Gasteiger partial charge in [0.15, 0.2) is 23.0 Å². The van der Waals surface area contributed by atoms with Crippen LogP contribution < -0.4 is 15.4 Å². The van der Waals surface area contributed by atoms with Crippen LogP contribution in [0, 0.1) is 11.6 Å². The summed E-state index contributed by atoms with van der Waals surface area (Å²) in [5.41, 5.74) is 1.71. The van der Waals surface area contributed by atoms with Crippen LogP contribution in [0.5, 0.6) is 5.75 Å². The highest BCUT2D eigenvalue weighted by Crippen LogP contribution is 2.32. The lowest BCUT2D eigenvalue weighted by atomic mass is 10.1. The topological polar surface area (TPSA) is 80.5 Å². The second kappa shape index (κ2) is 10.7. The quantitative estimate of drug-likeness (QED) is 0.238. The molecule has 2 N–H and O–H groups in total. The minimum absolute atomic E-state index is 0.0304. The molecule has 2 aromatic carbocycles. The average Bonchev–Trinajstić information content (AvgIpc) is 3.28. The first-order valence-corrected chi connectivity index (χ1v) is 12.0. The third kappa shape index (κ3) is 5.81. The van der Waals surface area contributed by atoms with Crippen molar-refractivity contribution in [2.75, 3.05) is 46.7 Å². The Labute approximate surface area is 218 Å². The Hall–Kier alpha value is -3.76. The lowest BCUT2D eigenvalue weighted by molar-refractivity contribution is -0.870. The standard InChI is InChI=1S/C26H27ClF2N6O2/c1-35(2,3)13-5-10-31-26(36)17-7-6-16(14-19(17)27)33-24-25-32-15-20(34(25)12-11-30-24)18-8-9-21(37-4)23(29)22(18)28/h6-9,11-12,14-15H,5,10,13H2,1-4H3,(H-,30,31,33,36)/p+1. The van der Waals surface area contributed by atoms with Crippen LogP contribution in [-0.4, -0.2) is 66.1 Å². The van der Waals surface area contributed by atoms with Gasteiger partial charge in [-0.1, -0.05) is 11.6 Å². The van der Waals surface area contributed by atoms with Gasteiger partial charge in [-0.2, -0.15) is 4.39 Å². The summed E-state index contributed by atoms with van der Waals surface area (Å²) >= 11 is 6.40. The zero-order valence-electron chi connectivity index (χ0n) is 21.0. The number of nitrogens with one attached hydrogen (secondary N) is 2. The van der Waals surface area contributed by atoms with Crippen LogP contribution >= 0.6 is 11.6 Å². The number of rotatable bonds is 9. The van der Waals surface area contributed by atoms with E-state index in [0.29, 0.717) is 35.0 Å². The Bertz CT molecular complexity index is 1450. The van der Waals surface area contributed by atoms with Gasteiger partial charge in [-0.05, 0) is 30.3 Å². The summed E-state index contributed by atoms with van der Waals surface area (Å²) in [5.74, 6) is -2.17. The summed E-state index contributed by atoms with van der Waals surface area (Å²) in [6.07, 6.45) is 5.40. The van der Waals surface area contributed by atoms with Crippen molar-refractivity contribution in [1.29, 1.82) is 0 Å². The number of amides is 1. The van der Waals surface area contributed by atoms with Gasteiger partial charge in [0.1, 0.15) is 0 Å². The van der Waals surface area contributed by atoms with Crippen LogP contribution in [0.15, 0.2) is 48.9 Å². The van der Waals surface area contributed by atoms with E-state index in [-0.39, 0.29) is 22.2 Å². The Kier molecular flexibility index (Phi) is 7.60. The molecule has 11 heteroatoms. The van der Waals surface area contributed by atoms with Crippen molar-refractivity contribution in [1.82, 2.24) is 19.7 Å². The van der Waals surface area contributed by atoms with E-state index < -0.39 is 11.6 Å². The number of quaternary nitrogens is 1. The van der Waals surface area contributed by atoms with Gasteiger partial charge in [0, 0.05) is 36.6 Å². The van der Waals surface area contributed by atoms with Crippen LogP contribution in [-0.2, 0) is 0 Å². The molecule has 0 radical (unpaired) electrons. The highest BCUT2D eigenvalue weighted by molar-refractivity contribution is 6.34. The molecular formula is C26H28ClF2N6O2+. The first-order chi connectivity index (χ1) is 17.6. The molecule has 0 saturated heterocycles. The molecule has 0 saturated carbocycles. The first kappa shape index (κ1) is 26.3. The lowest BCUT2D eigenvalue weighted by Crippen LogP contribution is -2.37. The summed E-state index contributed by atoms with van der Waals surface area (Å²) in [6, 6.07) is 7.75. The fourth-order valence-electron chi connectivity index (χ4n) is 3.86. The maximum absolute atomic E-state index is 14.7. The zero-order chi connectivity index (χ0) is 26.7. The number of carbonyl (C=O) groups is 1. The van der Waals surface area contributed by atoms with Crippen molar-refractivity contribution in [3.63, 3.8) is 0 Å². The van der Waals surface area contributed by atoms with E-state index in [4.69, 9.17) is 16.3 Å². The molecule has 4 rings (SSSR count). The smallest absolute Gasteiger partial charge is 0.252 e. The minimum Gasteiger partial charge on any atom is -0.494 e. The third-order valence-corrected chi connectivity index (χ3v) is 6.05. The number of hydrogen-bond donors (Lipinski definition) is 2. The number of imidazole rings is 1. The molecule has 1 amide bonds. The zero-order valence-corrected chi connectivity index (χ0v) is 21.7. The normalized spacial score (nSPS) is 11.5. The van der Waals surface area contributed by atoms with Gasteiger partial charge in [0.2, 0.25) is 5.82 Å². The number of aromatic nitrogens is 3. The van der Waals surface area contributed by atoms with Gasteiger partial charge in [-0.15, -0.1) is 0 Å². The van der Waals surface area contributed by atoms with Crippen molar-refractivity contribution < 1.29 is 22.8 Å². The number of anilines is 2. The average molecular weight is 530 g/mol. The SMILES string of the molecule is COc1ccc(-c2cnc3c(Nc4ccc(C(=O)NCCC[N+](C)(C)C)c(Cl)c4)nccn23)c(F)c1F. The number of benzene rings is 2. The summed E-state index contributed by atoms with van der Waals surface area (Å²) in [7, 11) is 7.57. The summed E-state index contributed by atoms with van der Waals surface area (Å²) < 4.78 is 36.3. The Balaban J connectivity index is 1.53. The number of carbonyl (C=O) groups excluding carboxylic acids is 1. The predicted molar refractivity (Wildman–Crippen MR) is 139 cm³/mol. The molecule has 194 valence electrons. The Morgan fingerprint density at radius 1 is 1.14 bits per heavy atom. The van der Waals surface area contributed by atoms with E-state index in [2.05, 4.69) is 41.7 Å². The molecule has 0 bridgehead atoms. The number of methoxy groups -OCH3 is 1. The van der Waals surface area contributed by atoms with E-state index in [1.54, 1.807) is 28.8 Å². The first-order valence-electron chi connectivity index (χ1n) is 11.6. The van der Waals surface area contributed by atoms with Crippen LogP contribution in [0.3, 0.4) is 0 Å². The molecule has 0 atom stereocenters. The van der Waals surface area contributed by atoms with Crippen LogP contribution in [0.1, 0.15) is 16.8 Å². The van der Waals surface area contributed by atoms with Crippen LogP contribution in [0.2, 0.25) is 5.02 Å². The molecule has 8 nitrogen and oxygen atoms in total. The second-order valence-corrected chi connectivity index (χ2v) is 9.91. The van der Waals surface area contributed by atoms with Crippen molar-refractivity contribution in [2.45, 2.75) is 6.42 Å². The van der Waals surface area contributed by atoms with E-state index in [9.17, 15) is 13.6 Å². The van der Waals surface area contributed by atoms with Crippen molar-refractivity contribution >= 4 is 34.7 Å². The third-order valence-electron chi connectivity index (χ3n) is 5.74. The highest BCUT2D eigenvalue weighted by atomic mass is 35.5. The maximum atomic E-state index is 14.7. The van der Waals surface area contributed by atoms with Gasteiger partial charge in [-0.25, -0.2) is 14.4 Å². The molecule has 2 aromatic heterocycles. The van der Waals surface area contributed by atoms with Gasteiger partial charge < -0.3 is 19.9 Å². The van der Waals surface area contributed by atoms with Crippen molar-refractivity contribution in [3.05, 3.63) is 71.1 Å². The summed E-state index contributed by atoms with van der Waals surface area (Å²) in [6.45, 7) is 1.49. The minimum atomic E-state index is -1.07. The fourth-order valence-corrected chi connectivity index (χ4v) is 4.12. The Morgan fingerprint density at radius 3 is 2.62 bits per heavy atom. The molecule has 0 unspecified atom stereocenters. The number of ether oxygens (including phenoxy) is 1. The van der Waals surface area contributed by atoms with Crippen LogP contribution in [0.4, 0.5) is 20.3 Å². The molecule has 37 heavy (non-hydrogen) atoms. The van der Waals surface area contributed by atoms with Gasteiger partial charge in [-0.3, -0.25) is 9.20 Å². The number of halogens is 3. The molecule has 0 aliphatic rings. The number of fused-ring (bicyclic) bond motifs is 1. The largest absolute Gasteiger partial charge is 0.494 e. The molecule has 0 fully saturated rings. The van der Waals surface area contributed by atoms with Gasteiger partial charge in [0.05, 0.1) is 57.3 Å². The van der Waals surface area contributed by atoms with E-state index in [0.717, 1.165) is 17.4 Å². The molecular weight excluding hydrogens is 502 g/mol. The van der Waals surface area contributed by atoms with E-state index in [1.165, 1.54) is 31.6 Å². The van der Waals surface area contributed by atoms with E-state index in [1.807, 2.05) is 0 Å². The predicted octanol–water partition coefficient (Wildman–Crippen LogP) is 4.91. The number of nitrogens with zero attached hydrogens (tertiary/aromatic N) is 4.